The first-order chi connectivity index (χ1) is 9.06. The third-order valence-electron chi connectivity index (χ3n) is 4.19. The third kappa shape index (κ3) is 3.15. The van der Waals surface area contributed by atoms with Crippen molar-refractivity contribution in [3.05, 3.63) is 17.0 Å². The molecule has 0 aliphatic heterocycles. The predicted molar refractivity (Wildman–Crippen MR) is 70.7 cm³/mol. The highest BCUT2D eigenvalue weighted by Gasteiger charge is 2.36. The van der Waals surface area contributed by atoms with Crippen molar-refractivity contribution < 1.29 is 14.4 Å². The van der Waals surface area contributed by atoms with Crippen molar-refractivity contribution in [2.75, 3.05) is 13.2 Å². The van der Waals surface area contributed by atoms with E-state index >= 15 is 0 Å². The van der Waals surface area contributed by atoms with Crippen LogP contribution in [0.15, 0.2) is 4.52 Å². The van der Waals surface area contributed by atoms with Gasteiger partial charge in [0.2, 0.25) is 5.91 Å². The number of nitrogens with zero attached hydrogens (tertiary/aromatic N) is 1. The maximum Gasteiger partial charge on any atom is 0.220 e. The number of aliphatic hydroxyl groups is 1. The summed E-state index contributed by atoms with van der Waals surface area (Å²) in [4.78, 5) is 11.8. The Morgan fingerprint density at radius 1 is 1.47 bits per heavy atom. The highest BCUT2D eigenvalue weighted by Crippen LogP contribution is 2.39. The molecule has 1 aliphatic rings. The van der Waals surface area contributed by atoms with E-state index in [0.717, 1.165) is 36.3 Å². The largest absolute Gasteiger partial charge is 0.396 e. The summed E-state index contributed by atoms with van der Waals surface area (Å²) in [5.41, 5.74) is 1.82. The zero-order chi connectivity index (χ0) is 13.9. The van der Waals surface area contributed by atoms with Gasteiger partial charge in [0.05, 0.1) is 12.3 Å². The summed E-state index contributed by atoms with van der Waals surface area (Å²) >= 11 is 0. The molecular weight excluding hydrogens is 244 g/mol. The first-order valence-corrected chi connectivity index (χ1v) is 6.86. The Bertz CT molecular complexity index is 425. The predicted octanol–water partition coefficient (Wildman–Crippen LogP) is 1.50. The minimum absolute atomic E-state index is 0.0275. The minimum Gasteiger partial charge on any atom is -0.396 e. The molecule has 0 saturated heterocycles. The lowest BCUT2D eigenvalue weighted by molar-refractivity contribution is -0.122. The number of amides is 1. The van der Waals surface area contributed by atoms with E-state index in [9.17, 15) is 9.90 Å². The normalized spacial score (nSPS) is 17.0. The lowest BCUT2D eigenvalue weighted by Crippen LogP contribution is -2.44. The van der Waals surface area contributed by atoms with E-state index in [0.29, 0.717) is 19.4 Å². The van der Waals surface area contributed by atoms with E-state index < -0.39 is 0 Å². The molecule has 0 spiro atoms. The average molecular weight is 266 g/mol. The molecule has 5 nitrogen and oxygen atoms in total. The van der Waals surface area contributed by atoms with Gasteiger partial charge in [-0.3, -0.25) is 4.79 Å². The van der Waals surface area contributed by atoms with Crippen molar-refractivity contribution >= 4 is 5.91 Å². The molecule has 0 atom stereocenters. The number of hydrogen-bond donors (Lipinski definition) is 2. The number of carbonyl (C=O) groups is 1. The molecule has 1 saturated carbocycles. The summed E-state index contributed by atoms with van der Waals surface area (Å²) in [5, 5.41) is 16.1. The first-order valence-electron chi connectivity index (χ1n) is 6.86. The van der Waals surface area contributed by atoms with Crippen LogP contribution in [0.3, 0.4) is 0 Å². The molecule has 2 N–H and O–H groups in total. The Balaban J connectivity index is 1.76. The second kappa shape index (κ2) is 5.74. The SMILES string of the molecule is Cc1noc(C)c1CCC(=O)NCC1(CO)CCC1. The van der Waals surface area contributed by atoms with Crippen LogP contribution in [0, 0.1) is 19.3 Å². The summed E-state index contributed by atoms with van der Waals surface area (Å²) < 4.78 is 5.07. The number of hydrogen-bond acceptors (Lipinski definition) is 4. The van der Waals surface area contributed by atoms with Gasteiger partial charge in [0.1, 0.15) is 5.76 Å². The standard InChI is InChI=1S/C14H22N2O3/c1-10-12(11(2)19-16-10)4-5-13(18)15-8-14(9-17)6-3-7-14/h17H,3-9H2,1-2H3,(H,15,18). The Labute approximate surface area is 113 Å². The molecule has 0 unspecified atom stereocenters. The van der Waals surface area contributed by atoms with Crippen molar-refractivity contribution in [2.24, 2.45) is 5.41 Å². The summed E-state index contributed by atoms with van der Waals surface area (Å²) in [5.74, 6) is 0.816. The molecule has 19 heavy (non-hydrogen) atoms. The number of rotatable bonds is 6. The van der Waals surface area contributed by atoms with Gasteiger partial charge in [-0.05, 0) is 33.1 Å². The van der Waals surface area contributed by atoms with Crippen molar-refractivity contribution in [3.63, 3.8) is 0 Å². The van der Waals surface area contributed by atoms with Crippen molar-refractivity contribution in [1.29, 1.82) is 0 Å². The van der Waals surface area contributed by atoms with Gasteiger partial charge in [0.25, 0.3) is 0 Å². The molecule has 1 heterocycles. The lowest BCUT2D eigenvalue weighted by Gasteiger charge is -2.40. The van der Waals surface area contributed by atoms with Crippen molar-refractivity contribution in [3.8, 4) is 0 Å². The van der Waals surface area contributed by atoms with Crippen LogP contribution in [0.25, 0.3) is 0 Å². The van der Waals surface area contributed by atoms with E-state index in [1.165, 1.54) is 0 Å². The zero-order valence-electron chi connectivity index (χ0n) is 11.7. The molecule has 0 aromatic carbocycles. The van der Waals surface area contributed by atoms with Gasteiger partial charge in [-0.1, -0.05) is 11.6 Å². The number of carbonyl (C=O) groups excluding carboxylic acids is 1. The Morgan fingerprint density at radius 3 is 2.68 bits per heavy atom. The molecule has 2 rings (SSSR count). The van der Waals surface area contributed by atoms with Crippen LogP contribution >= 0.6 is 0 Å². The van der Waals surface area contributed by atoms with E-state index in [1.54, 1.807) is 0 Å². The molecule has 1 aliphatic carbocycles. The fourth-order valence-electron chi connectivity index (χ4n) is 2.54. The molecule has 1 fully saturated rings. The third-order valence-corrected chi connectivity index (χ3v) is 4.19. The highest BCUT2D eigenvalue weighted by atomic mass is 16.5. The Morgan fingerprint density at radius 2 is 2.21 bits per heavy atom. The van der Waals surface area contributed by atoms with E-state index in [-0.39, 0.29) is 17.9 Å². The van der Waals surface area contributed by atoms with Crippen molar-refractivity contribution in [2.45, 2.75) is 46.0 Å². The van der Waals surface area contributed by atoms with Gasteiger partial charge >= 0.3 is 0 Å². The number of aryl methyl sites for hydroxylation is 2. The summed E-state index contributed by atoms with van der Waals surface area (Å²) in [7, 11) is 0. The molecule has 0 bridgehead atoms. The highest BCUT2D eigenvalue weighted by molar-refractivity contribution is 5.76. The summed E-state index contributed by atoms with van der Waals surface area (Å²) in [6.07, 6.45) is 4.25. The van der Waals surface area contributed by atoms with Crippen LogP contribution in [-0.4, -0.2) is 29.3 Å². The van der Waals surface area contributed by atoms with Gasteiger partial charge in [-0.25, -0.2) is 0 Å². The summed E-state index contributed by atoms with van der Waals surface area (Å²) in [6, 6.07) is 0. The zero-order valence-corrected chi connectivity index (χ0v) is 11.7. The molecular formula is C14H22N2O3. The fourth-order valence-corrected chi connectivity index (χ4v) is 2.54. The first kappa shape index (κ1) is 14.1. The maximum absolute atomic E-state index is 11.8. The van der Waals surface area contributed by atoms with Crippen LogP contribution in [0.4, 0.5) is 0 Å². The van der Waals surface area contributed by atoms with Crippen molar-refractivity contribution in [1.82, 2.24) is 10.5 Å². The second-order valence-corrected chi connectivity index (χ2v) is 5.59. The average Bonchev–Trinajstić information content (AvgIpc) is 2.66. The Hall–Kier alpha value is -1.36. The van der Waals surface area contributed by atoms with E-state index in [4.69, 9.17) is 4.52 Å². The van der Waals surface area contributed by atoms with Gasteiger partial charge in [-0.2, -0.15) is 0 Å². The molecule has 1 aromatic rings. The summed E-state index contributed by atoms with van der Waals surface area (Å²) in [6.45, 7) is 4.50. The second-order valence-electron chi connectivity index (χ2n) is 5.59. The van der Waals surface area contributed by atoms with Gasteiger partial charge in [0.15, 0.2) is 0 Å². The smallest absolute Gasteiger partial charge is 0.220 e. The molecule has 5 heteroatoms. The van der Waals surface area contributed by atoms with E-state index in [2.05, 4.69) is 10.5 Å². The van der Waals surface area contributed by atoms with Crippen LogP contribution in [0.1, 0.15) is 42.7 Å². The van der Waals surface area contributed by atoms with Crippen LogP contribution in [-0.2, 0) is 11.2 Å². The van der Waals surface area contributed by atoms with Gasteiger partial charge in [0, 0.05) is 23.9 Å². The number of nitrogens with one attached hydrogen (secondary N) is 1. The molecule has 1 amide bonds. The van der Waals surface area contributed by atoms with Crippen LogP contribution < -0.4 is 5.32 Å². The number of aromatic nitrogens is 1. The maximum atomic E-state index is 11.8. The monoisotopic (exact) mass is 266 g/mol. The van der Waals surface area contributed by atoms with E-state index in [1.807, 2.05) is 13.8 Å². The quantitative estimate of drug-likeness (QED) is 0.818. The topological polar surface area (TPSA) is 75.4 Å². The molecule has 0 radical (unpaired) electrons. The Kier molecular flexibility index (Phi) is 4.24. The molecule has 106 valence electrons. The fraction of sp³-hybridized carbons (Fsp3) is 0.714. The van der Waals surface area contributed by atoms with Gasteiger partial charge < -0.3 is 14.9 Å². The van der Waals surface area contributed by atoms with Crippen LogP contribution in [0.2, 0.25) is 0 Å². The lowest BCUT2D eigenvalue weighted by atomic mass is 9.69. The molecule has 1 aromatic heterocycles. The van der Waals surface area contributed by atoms with Gasteiger partial charge in [-0.15, -0.1) is 0 Å². The van der Waals surface area contributed by atoms with Crippen LogP contribution in [0.5, 0.6) is 0 Å². The minimum atomic E-state index is -0.0569. The number of aliphatic hydroxyl groups excluding tert-OH is 1.